The first kappa shape index (κ1) is 15.1. The summed E-state index contributed by atoms with van der Waals surface area (Å²) in [5.41, 5.74) is 5.92. The first-order valence-corrected chi connectivity index (χ1v) is 7.40. The smallest absolute Gasteiger partial charge is 0.259 e. The number of nitrogens with two attached hydrogens (primary N) is 1. The Morgan fingerprint density at radius 3 is 2.56 bits per heavy atom. The quantitative estimate of drug-likeness (QED) is 0.815. The summed E-state index contributed by atoms with van der Waals surface area (Å²) in [4.78, 5) is 0. The van der Waals surface area contributed by atoms with Gasteiger partial charge in [-0.05, 0) is 18.4 Å². The van der Waals surface area contributed by atoms with E-state index < -0.39 is 10.0 Å². The molecule has 0 aliphatic rings. The Morgan fingerprint density at radius 1 is 1.50 bits per heavy atom. The molecular weight excluding hydrogens is 252 g/mol. The van der Waals surface area contributed by atoms with E-state index in [-0.39, 0.29) is 11.1 Å². The van der Waals surface area contributed by atoms with Crippen molar-refractivity contribution in [1.82, 2.24) is 14.1 Å². The van der Waals surface area contributed by atoms with Gasteiger partial charge in [-0.25, -0.2) is 8.42 Å². The number of aromatic nitrogens is 2. The Labute approximate surface area is 109 Å². The molecule has 2 N–H and O–H groups in total. The van der Waals surface area contributed by atoms with E-state index in [1.807, 2.05) is 13.8 Å². The molecule has 6 nitrogen and oxygen atoms in total. The molecule has 0 aliphatic heterocycles. The van der Waals surface area contributed by atoms with E-state index in [4.69, 9.17) is 5.73 Å². The van der Waals surface area contributed by atoms with Crippen LogP contribution in [0, 0.1) is 5.92 Å². The molecule has 104 valence electrons. The van der Waals surface area contributed by atoms with E-state index in [0.29, 0.717) is 18.9 Å². The van der Waals surface area contributed by atoms with Gasteiger partial charge in [-0.3, -0.25) is 4.68 Å². The molecule has 0 aromatic carbocycles. The predicted octanol–water partition coefficient (Wildman–Crippen LogP) is 0.414. The van der Waals surface area contributed by atoms with Crippen LogP contribution in [0.15, 0.2) is 17.3 Å². The molecule has 0 fully saturated rings. The zero-order chi connectivity index (χ0) is 13.9. The molecule has 0 radical (unpaired) electrons. The highest BCUT2D eigenvalue weighted by molar-refractivity contribution is 7.89. The highest BCUT2D eigenvalue weighted by Crippen LogP contribution is 2.14. The van der Waals surface area contributed by atoms with Crippen LogP contribution in [0.1, 0.15) is 20.3 Å². The molecule has 7 heteroatoms. The lowest BCUT2D eigenvalue weighted by Gasteiger charge is -2.21. The van der Waals surface area contributed by atoms with Crippen LogP contribution in [0.2, 0.25) is 0 Å². The third-order valence-corrected chi connectivity index (χ3v) is 5.02. The van der Waals surface area contributed by atoms with Crippen molar-refractivity contribution in [2.75, 3.05) is 13.6 Å². The summed E-state index contributed by atoms with van der Waals surface area (Å²) in [6, 6.07) is 1.50. The fourth-order valence-electron chi connectivity index (χ4n) is 1.56. The summed E-state index contributed by atoms with van der Waals surface area (Å²) in [6.07, 6.45) is 2.12. The van der Waals surface area contributed by atoms with Gasteiger partial charge in [-0.2, -0.15) is 9.40 Å². The Bertz CT molecular complexity index is 481. The maximum Gasteiger partial charge on any atom is 0.259 e. The Morgan fingerprint density at radius 2 is 2.11 bits per heavy atom. The van der Waals surface area contributed by atoms with Crippen molar-refractivity contribution in [1.29, 1.82) is 0 Å². The lowest BCUT2D eigenvalue weighted by molar-refractivity contribution is 0.395. The van der Waals surface area contributed by atoms with Crippen molar-refractivity contribution in [3.8, 4) is 0 Å². The van der Waals surface area contributed by atoms with Gasteiger partial charge >= 0.3 is 0 Å². The molecule has 0 spiro atoms. The summed E-state index contributed by atoms with van der Waals surface area (Å²) >= 11 is 0. The van der Waals surface area contributed by atoms with Gasteiger partial charge < -0.3 is 5.73 Å². The fourth-order valence-corrected chi connectivity index (χ4v) is 2.84. The minimum Gasteiger partial charge on any atom is -0.327 e. The molecule has 1 aromatic rings. The molecule has 1 rings (SSSR count). The molecule has 0 amide bonds. The molecule has 1 heterocycles. The number of hydrogen-bond donors (Lipinski definition) is 1. The van der Waals surface area contributed by atoms with Crippen molar-refractivity contribution in [2.45, 2.75) is 31.3 Å². The molecule has 1 unspecified atom stereocenters. The zero-order valence-corrected chi connectivity index (χ0v) is 12.2. The third kappa shape index (κ3) is 3.30. The van der Waals surface area contributed by atoms with Crippen molar-refractivity contribution in [2.24, 2.45) is 18.7 Å². The third-order valence-electron chi connectivity index (χ3n) is 3.08. The Hall–Kier alpha value is -0.920. The van der Waals surface area contributed by atoms with E-state index in [1.165, 1.54) is 21.3 Å². The SMILES string of the molecule is CC(C)C(N)CCN(C)S(=O)(=O)c1ccnn1C. The van der Waals surface area contributed by atoms with Gasteiger partial charge in [0.25, 0.3) is 10.0 Å². The molecule has 1 aromatic heterocycles. The second-order valence-electron chi connectivity index (χ2n) is 4.82. The van der Waals surface area contributed by atoms with E-state index >= 15 is 0 Å². The average Bonchev–Trinajstić information content (AvgIpc) is 2.71. The predicted molar refractivity (Wildman–Crippen MR) is 70.5 cm³/mol. The summed E-state index contributed by atoms with van der Waals surface area (Å²) in [5.74, 6) is 0.345. The molecule has 1 atom stereocenters. The van der Waals surface area contributed by atoms with Crippen LogP contribution in [0.3, 0.4) is 0 Å². The lowest BCUT2D eigenvalue weighted by Crippen LogP contribution is -2.35. The molecule has 0 saturated carbocycles. The van der Waals surface area contributed by atoms with Gasteiger partial charge in [0.1, 0.15) is 0 Å². The number of nitrogens with zero attached hydrogens (tertiary/aromatic N) is 3. The van der Waals surface area contributed by atoms with E-state index in [0.717, 1.165) is 0 Å². The lowest BCUT2D eigenvalue weighted by atomic mass is 10.0. The van der Waals surface area contributed by atoms with Crippen LogP contribution in [0.4, 0.5) is 0 Å². The van der Waals surface area contributed by atoms with E-state index in [9.17, 15) is 8.42 Å². The minimum absolute atomic E-state index is 0.00851. The maximum absolute atomic E-state index is 12.2. The van der Waals surface area contributed by atoms with Crippen LogP contribution in [-0.2, 0) is 17.1 Å². The fraction of sp³-hybridized carbons (Fsp3) is 0.727. The van der Waals surface area contributed by atoms with Gasteiger partial charge in [0, 0.05) is 26.7 Å². The normalized spacial score (nSPS) is 14.4. The first-order chi connectivity index (χ1) is 8.26. The van der Waals surface area contributed by atoms with Gasteiger partial charge in [-0.1, -0.05) is 13.8 Å². The van der Waals surface area contributed by atoms with E-state index in [1.54, 1.807) is 14.1 Å². The molecular formula is C11H22N4O2S. The highest BCUT2D eigenvalue weighted by atomic mass is 32.2. The van der Waals surface area contributed by atoms with Crippen LogP contribution in [0.5, 0.6) is 0 Å². The van der Waals surface area contributed by atoms with Crippen molar-refractivity contribution >= 4 is 10.0 Å². The van der Waals surface area contributed by atoms with Crippen molar-refractivity contribution in [3.63, 3.8) is 0 Å². The van der Waals surface area contributed by atoms with Crippen LogP contribution in [-0.4, -0.2) is 42.1 Å². The summed E-state index contributed by atoms with van der Waals surface area (Å²) < 4.78 is 27.1. The molecule has 0 aliphatic carbocycles. The number of sulfonamides is 1. The van der Waals surface area contributed by atoms with Crippen LogP contribution < -0.4 is 5.73 Å². The molecule has 18 heavy (non-hydrogen) atoms. The second kappa shape index (κ2) is 5.81. The standard InChI is InChI=1S/C11H22N4O2S/c1-9(2)10(12)6-8-14(3)18(16,17)11-5-7-13-15(11)4/h5,7,9-10H,6,8,12H2,1-4H3. The topological polar surface area (TPSA) is 81.2 Å². The molecule has 0 saturated heterocycles. The highest BCUT2D eigenvalue weighted by Gasteiger charge is 2.24. The van der Waals surface area contributed by atoms with Crippen LogP contribution in [0.25, 0.3) is 0 Å². The van der Waals surface area contributed by atoms with Crippen molar-refractivity contribution in [3.05, 3.63) is 12.3 Å². The summed E-state index contributed by atoms with van der Waals surface area (Å²) in [7, 11) is -0.293. The number of rotatable bonds is 6. The average molecular weight is 274 g/mol. The first-order valence-electron chi connectivity index (χ1n) is 5.96. The van der Waals surface area contributed by atoms with Gasteiger partial charge in [0.05, 0.1) is 6.20 Å². The Balaban J connectivity index is 2.73. The minimum atomic E-state index is -3.47. The second-order valence-corrected chi connectivity index (χ2v) is 6.81. The summed E-state index contributed by atoms with van der Waals surface area (Å²) in [5, 5.41) is 4.07. The van der Waals surface area contributed by atoms with Crippen LogP contribution >= 0.6 is 0 Å². The zero-order valence-electron chi connectivity index (χ0n) is 11.4. The number of hydrogen-bond acceptors (Lipinski definition) is 4. The van der Waals surface area contributed by atoms with Crippen molar-refractivity contribution < 1.29 is 8.42 Å². The summed E-state index contributed by atoms with van der Waals surface area (Å²) in [6.45, 7) is 4.47. The van der Waals surface area contributed by atoms with E-state index in [2.05, 4.69) is 5.10 Å². The van der Waals surface area contributed by atoms with Gasteiger partial charge in [-0.15, -0.1) is 0 Å². The molecule has 0 bridgehead atoms. The maximum atomic E-state index is 12.2. The van der Waals surface area contributed by atoms with Gasteiger partial charge in [0.2, 0.25) is 0 Å². The Kier molecular flexibility index (Phi) is 4.89. The number of aryl methyl sites for hydroxylation is 1. The monoisotopic (exact) mass is 274 g/mol. The van der Waals surface area contributed by atoms with Gasteiger partial charge in [0.15, 0.2) is 5.03 Å². The largest absolute Gasteiger partial charge is 0.327 e.